The van der Waals surface area contributed by atoms with E-state index in [-0.39, 0.29) is 0 Å². The van der Waals surface area contributed by atoms with E-state index in [1.54, 1.807) is 0 Å². The van der Waals surface area contributed by atoms with E-state index in [1.807, 2.05) is 0 Å². The molecule has 2 aromatic rings. The van der Waals surface area contributed by atoms with Crippen LogP contribution in [0.5, 0.6) is 0 Å². The zero-order valence-electron chi connectivity index (χ0n) is 11.3. The summed E-state index contributed by atoms with van der Waals surface area (Å²) in [6.45, 7) is 4.37. The summed E-state index contributed by atoms with van der Waals surface area (Å²) in [5.74, 6) is 0.421. The largest absolute Gasteiger partial charge is 0.396 e. The highest BCUT2D eigenvalue weighted by atomic mass is 32.1. The minimum absolute atomic E-state index is 0.421. The van der Waals surface area contributed by atoms with Crippen molar-refractivity contribution in [2.75, 3.05) is 5.73 Å². The second kappa shape index (κ2) is 4.50. The van der Waals surface area contributed by atoms with Gasteiger partial charge < -0.3 is 5.73 Å². The Morgan fingerprint density at radius 1 is 1.26 bits per heavy atom. The SMILES string of the molecule is CC(C)c1nc2sc(C#N)c(N)c2c2c1CCCC2. The molecule has 0 spiro atoms. The van der Waals surface area contributed by atoms with Gasteiger partial charge in [-0.1, -0.05) is 13.8 Å². The molecule has 0 bridgehead atoms. The lowest BCUT2D eigenvalue weighted by Crippen LogP contribution is -2.10. The van der Waals surface area contributed by atoms with Crippen molar-refractivity contribution in [1.82, 2.24) is 4.98 Å². The molecule has 3 nitrogen and oxygen atoms in total. The van der Waals surface area contributed by atoms with Gasteiger partial charge in [-0.05, 0) is 42.7 Å². The van der Waals surface area contributed by atoms with E-state index in [2.05, 4.69) is 19.9 Å². The van der Waals surface area contributed by atoms with Gasteiger partial charge in [0.25, 0.3) is 0 Å². The second-order valence-corrected chi connectivity index (χ2v) is 6.45. The lowest BCUT2D eigenvalue weighted by Gasteiger charge is -2.21. The second-order valence-electron chi connectivity index (χ2n) is 5.45. The van der Waals surface area contributed by atoms with Crippen LogP contribution < -0.4 is 5.73 Å². The minimum Gasteiger partial charge on any atom is -0.396 e. The highest BCUT2D eigenvalue weighted by molar-refractivity contribution is 7.19. The molecule has 1 aliphatic carbocycles. The van der Waals surface area contributed by atoms with Crippen molar-refractivity contribution in [3.63, 3.8) is 0 Å². The van der Waals surface area contributed by atoms with E-state index in [1.165, 1.54) is 41.0 Å². The monoisotopic (exact) mass is 271 g/mol. The Morgan fingerprint density at radius 3 is 2.58 bits per heavy atom. The molecule has 0 radical (unpaired) electrons. The summed E-state index contributed by atoms with van der Waals surface area (Å²) in [5, 5.41) is 10.2. The lowest BCUT2D eigenvalue weighted by molar-refractivity contribution is 0.667. The quantitative estimate of drug-likeness (QED) is 0.859. The maximum atomic E-state index is 9.15. The molecule has 0 saturated heterocycles. The first kappa shape index (κ1) is 12.4. The van der Waals surface area contributed by atoms with Crippen molar-refractivity contribution in [2.45, 2.75) is 45.4 Å². The van der Waals surface area contributed by atoms with Gasteiger partial charge in [-0.25, -0.2) is 4.98 Å². The van der Waals surface area contributed by atoms with Gasteiger partial charge in [-0.15, -0.1) is 11.3 Å². The predicted octanol–water partition coefficient (Wildman–Crippen LogP) is 3.75. The molecular formula is C15H17N3S. The maximum Gasteiger partial charge on any atom is 0.130 e. The predicted molar refractivity (Wildman–Crippen MR) is 79.5 cm³/mol. The summed E-state index contributed by atoms with van der Waals surface area (Å²) in [4.78, 5) is 6.36. The van der Waals surface area contributed by atoms with Crippen LogP contribution in [-0.4, -0.2) is 4.98 Å². The summed E-state index contributed by atoms with van der Waals surface area (Å²) >= 11 is 1.43. The Labute approximate surface area is 117 Å². The summed E-state index contributed by atoms with van der Waals surface area (Å²) in [7, 11) is 0. The van der Waals surface area contributed by atoms with E-state index in [0.717, 1.165) is 23.1 Å². The number of aryl methyl sites for hydroxylation is 1. The number of aromatic nitrogens is 1. The smallest absolute Gasteiger partial charge is 0.130 e. The highest BCUT2D eigenvalue weighted by Gasteiger charge is 2.23. The Balaban J connectivity index is 2.40. The number of rotatable bonds is 1. The maximum absolute atomic E-state index is 9.15. The Kier molecular flexibility index (Phi) is 2.94. The molecule has 2 aromatic heterocycles. The van der Waals surface area contributed by atoms with Crippen LogP contribution in [0, 0.1) is 11.3 Å². The Hall–Kier alpha value is -1.60. The van der Waals surface area contributed by atoms with E-state index in [0.29, 0.717) is 16.5 Å². The number of nitrogens with two attached hydrogens (primary N) is 1. The first-order chi connectivity index (χ1) is 9.13. The summed E-state index contributed by atoms with van der Waals surface area (Å²) in [6.07, 6.45) is 4.61. The normalized spacial score (nSPS) is 14.6. The zero-order valence-corrected chi connectivity index (χ0v) is 12.1. The standard InChI is InChI=1S/C15H17N3S/c1-8(2)14-10-6-4-3-5-9(10)12-13(17)11(7-16)19-15(12)18-14/h8H,3-6,17H2,1-2H3. The van der Waals surface area contributed by atoms with Gasteiger partial charge >= 0.3 is 0 Å². The summed E-state index contributed by atoms with van der Waals surface area (Å²) in [5.41, 5.74) is 10.7. The van der Waals surface area contributed by atoms with Crippen LogP contribution >= 0.6 is 11.3 Å². The average molecular weight is 271 g/mol. The fourth-order valence-corrected chi connectivity index (χ4v) is 3.93. The van der Waals surface area contributed by atoms with Gasteiger partial charge in [0.15, 0.2) is 0 Å². The van der Waals surface area contributed by atoms with Crippen LogP contribution in [0.15, 0.2) is 0 Å². The minimum atomic E-state index is 0.421. The van der Waals surface area contributed by atoms with Gasteiger partial charge in [0.05, 0.1) is 5.69 Å². The molecule has 0 unspecified atom stereocenters. The number of nitrogens with zero attached hydrogens (tertiary/aromatic N) is 2. The van der Waals surface area contributed by atoms with Crippen LogP contribution in [0.2, 0.25) is 0 Å². The number of nitriles is 1. The topological polar surface area (TPSA) is 62.7 Å². The lowest BCUT2D eigenvalue weighted by atomic mass is 9.86. The van der Waals surface area contributed by atoms with Crippen molar-refractivity contribution in [3.05, 3.63) is 21.7 Å². The molecule has 2 heterocycles. The number of anilines is 1. The van der Waals surface area contributed by atoms with Gasteiger partial charge in [-0.2, -0.15) is 5.26 Å². The fraction of sp³-hybridized carbons (Fsp3) is 0.467. The summed E-state index contributed by atoms with van der Waals surface area (Å²) in [6, 6.07) is 2.19. The first-order valence-corrected chi connectivity index (χ1v) is 7.58. The van der Waals surface area contributed by atoms with Crippen molar-refractivity contribution < 1.29 is 0 Å². The van der Waals surface area contributed by atoms with E-state index < -0.39 is 0 Å². The van der Waals surface area contributed by atoms with Gasteiger partial charge in [0.2, 0.25) is 0 Å². The third kappa shape index (κ3) is 1.81. The molecule has 4 heteroatoms. The Bertz CT molecular complexity index is 692. The highest BCUT2D eigenvalue weighted by Crippen LogP contribution is 2.40. The number of hydrogen-bond acceptors (Lipinski definition) is 4. The molecule has 0 aliphatic heterocycles. The third-order valence-corrected chi connectivity index (χ3v) is 4.88. The molecule has 0 saturated carbocycles. The van der Waals surface area contributed by atoms with Crippen molar-refractivity contribution in [2.24, 2.45) is 0 Å². The van der Waals surface area contributed by atoms with Gasteiger partial charge in [-0.3, -0.25) is 0 Å². The first-order valence-electron chi connectivity index (χ1n) is 6.77. The number of pyridine rings is 1. The molecule has 19 heavy (non-hydrogen) atoms. The van der Waals surface area contributed by atoms with E-state index in [9.17, 15) is 0 Å². The molecule has 2 N–H and O–H groups in total. The zero-order chi connectivity index (χ0) is 13.6. The number of fused-ring (bicyclic) bond motifs is 3. The van der Waals surface area contributed by atoms with Crippen LogP contribution in [0.4, 0.5) is 5.69 Å². The van der Waals surface area contributed by atoms with Crippen LogP contribution in [-0.2, 0) is 12.8 Å². The van der Waals surface area contributed by atoms with Crippen LogP contribution in [0.25, 0.3) is 10.2 Å². The number of hydrogen-bond donors (Lipinski definition) is 1. The molecule has 98 valence electrons. The van der Waals surface area contributed by atoms with E-state index in [4.69, 9.17) is 16.0 Å². The molecule has 1 aliphatic rings. The van der Waals surface area contributed by atoms with Crippen LogP contribution in [0.1, 0.15) is 54.3 Å². The van der Waals surface area contributed by atoms with Crippen molar-refractivity contribution >= 4 is 27.2 Å². The Morgan fingerprint density at radius 2 is 1.95 bits per heavy atom. The molecule has 0 aromatic carbocycles. The van der Waals surface area contributed by atoms with Crippen molar-refractivity contribution in [1.29, 1.82) is 5.26 Å². The number of thiophene rings is 1. The van der Waals surface area contributed by atoms with Crippen molar-refractivity contribution in [3.8, 4) is 6.07 Å². The van der Waals surface area contributed by atoms with Crippen LogP contribution in [0.3, 0.4) is 0 Å². The molecule has 0 amide bonds. The van der Waals surface area contributed by atoms with Gasteiger partial charge in [0.1, 0.15) is 15.8 Å². The average Bonchev–Trinajstić information content (AvgIpc) is 2.74. The molecule has 0 fully saturated rings. The molecular weight excluding hydrogens is 254 g/mol. The van der Waals surface area contributed by atoms with E-state index >= 15 is 0 Å². The fourth-order valence-electron chi connectivity index (χ4n) is 3.00. The number of nitrogen functional groups attached to an aromatic ring is 1. The molecule has 3 rings (SSSR count). The van der Waals surface area contributed by atoms with Gasteiger partial charge in [0, 0.05) is 11.1 Å². The molecule has 0 atom stereocenters. The third-order valence-electron chi connectivity index (χ3n) is 3.88. The summed E-state index contributed by atoms with van der Waals surface area (Å²) < 4.78 is 0.